The molecule has 1 unspecified atom stereocenters. The van der Waals surface area contributed by atoms with Crippen LogP contribution in [0.1, 0.15) is 6.92 Å². The van der Waals surface area contributed by atoms with Gasteiger partial charge in [-0.2, -0.15) is 4.68 Å². The highest BCUT2D eigenvalue weighted by molar-refractivity contribution is 7.91. The summed E-state index contributed by atoms with van der Waals surface area (Å²) < 4.78 is 26.6. The summed E-state index contributed by atoms with van der Waals surface area (Å²) in [6.07, 6.45) is 7.17. The van der Waals surface area contributed by atoms with Crippen LogP contribution < -0.4 is 5.43 Å². The van der Waals surface area contributed by atoms with Crippen molar-refractivity contribution in [2.75, 3.05) is 5.75 Å². The Hall–Kier alpha value is -2.68. The van der Waals surface area contributed by atoms with Crippen LogP contribution in [0.15, 0.2) is 60.0 Å². The van der Waals surface area contributed by atoms with Crippen molar-refractivity contribution in [1.82, 2.24) is 30.6 Å². The number of sulfone groups is 1. The van der Waals surface area contributed by atoms with Gasteiger partial charge in [-0.25, -0.2) is 8.42 Å². The van der Waals surface area contributed by atoms with E-state index >= 15 is 0 Å². The second-order valence-corrected chi connectivity index (χ2v) is 7.00. The zero-order chi connectivity index (χ0) is 16.3. The Morgan fingerprint density at radius 3 is 2.70 bits per heavy atom. The van der Waals surface area contributed by atoms with Gasteiger partial charge in [0.05, 0.1) is 17.5 Å². The molecule has 9 heteroatoms. The minimum atomic E-state index is -3.66. The number of para-hydroxylation sites is 1. The molecule has 0 aliphatic carbocycles. The van der Waals surface area contributed by atoms with Gasteiger partial charge in [0.15, 0.2) is 0 Å². The van der Waals surface area contributed by atoms with Crippen LogP contribution in [0.3, 0.4) is 0 Å². The average molecular weight is 332 g/mol. The number of nitrogens with one attached hydrogen (secondary N) is 1. The Morgan fingerprint density at radius 1 is 1.22 bits per heavy atom. The number of allylic oxidation sites excluding steroid dienone is 2. The third kappa shape index (κ3) is 3.24. The molecule has 23 heavy (non-hydrogen) atoms. The van der Waals surface area contributed by atoms with Crippen LogP contribution in [0.5, 0.6) is 0 Å². The fourth-order valence-electron chi connectivity index (χ4n) is 2.22. The third-order valence-corrected chi connectivity index (χ3v) is 5.07. The molecule has 0 radical (unpaired) electrons. The molecule has 0 bridgehead atoms. The first-order valence-electron chi connectivity index (χ1n) is 7.02. The summed E-state index contributed by atoms with van der Waals surface area (Å²) in [5.74, 6) is -0.120. The van der Waals surface area contributed by atoms with Crippen LogP contribution in [-0.4, -0.2) is 45.4 Å². The van der Waals surface area contributed by atoms with E-state index in [9.17, 15) is 8.42 Å². The lowest BCUT2D eigenvalue weighted by atomic mass is 10.3. The Morgan fingerprint density at radius 2 is 2.00 bits per heavy atom. The summed E-state index contributed by atoms with van der Waals surface area (Å²) in [7, 11) is -3.66. The first-order valence-corrected chi connectivity index (χ1v) is 8.67. The molecule has 0 fully saturated rings. The number of rotatable bonds is 5. The van der Waals surface area contributed by atoms with Gasteiger partial charge in [0.2, 0.25) is 9.84 Å². The van der Waals surface area contributed by atoms with Crippen molar-refractivity contribution in [3.63, 3.8) is 0 Å². The normalized spacial score (nSPS) is 15.4. The lowest BCUT2D eigenvalue weighted by Crippen LogP contribution is -2.42. The van der Waals surface area contributed by atoms with Gasteiger partial charge in [0.1, 0.15) is 0 Å². The molecule has 1 aromatic heterocycles. The zero-order valence-corrected chi connectivity index (χ0v) is 13.3. The van der Waals surface area contributed by atoms with Gasteiger partial charge in [-0.1, -0.05) is 23.3 Å². The van der Waals surface area contributed by atoms with Gasteiger partial charge >= 0.3 is 0 Å². The van der Waals surface area contributed by atoms with E-state index in [1.165, 1.54) is 4.68 Å². The van der Waals surface area contributed by atoms with E-state index in [-0.39, 0.29) is 17.0 Å². The topological polar surface area (TPSA) is 93.0 Å². The number of nitrogens with zero attached hydrogens (tertiary/aromatic N) is 5. The maximum atomic E-state index is 12.7. The molecule has 120 valence electrons. The fraction of sp³-hybridized carbons (Fsp3) is 0.214. The van der Waals surface area contributed by atoms with Crippen LogP contribution in [-0.2, 0) is 9.84 Å². The number of hydrogen-bond donors (Lipinski definition) is 1. The molecule has 2 aromatic rings. The van der Waals surface area contributed by atoms with E-state index in [1.807, 2.05) is 25.1 Å². The van der Waals surface area contributed by atoms with E-state index in [1.54, 1.807) is 41.7 Å². The van der Waals surface area contributed by atoms with Gasteiger partial charge in [0, 0.05) is 12.4 Å². The van der Waals surface area contributed by atoms with Crippen molar-refractivity contribution in [2.45, 2.75) is 18.1 Å². The average Bonchev–Trinajstić information content (AvgIpc) is 3.07. The van der Waals surface area contributed by atoms with Crippen LogP contribution >= 0.6 is 0 Å². The third-order valence-electron chi connectivity index (χ3n) is 3.33. The molecule has 0 saturated heterocycles. The van der Waals surface area contributed by atoms with Crippen molar-refractivity contribution < 1.29 is 8.42 Å². The number of tetrazole rings is 1. The van der Waals surface area contributed by atoms with Gasteiger partial charge in [0.25, 0.3) is 5.16 Å². The highest BCUT2D eigenvalue weighted by atomic mass is 32.2. The summed E-state index contributed by atoms with van der Waals surface area (Å²) in [6, 6.07) is 8.64. The van der Waals surface area contributed by atoms with E-state index in [2.05, 4.69) is 21.0 Å². The summed E-state index contributed by atoms with van der Waals surface area (Å²) in [5.41, 5.74) is 3.58. The predicted molar refractivity (Wildman–Crippen MR) is 83.9 cm³/mol. The van der Waals surface area contributed by atoms with Crippen LogP contribution in [0, 0.1) is 0 Å². The van der Waals surface area contributed by atoms with Crippen molar-refractivity contribution >= 4 is 9.84 Å². The molecule has 1 atom stereocenters. The Labute approximate surface area is 134 Å². The van der Waals surface area contributed by atoms with E-state index < -0.39 is 9.84 Å². The Kier molecular flexibility index (Phi) is 4.11. The van der Waals surface area contributed by atoms with Gasteiger partial charge in [-0.3, -0.25) is 5.01 Å². The Bertz CT molecular complexity index is 828. The molecule has 2 heterocycles. The molecule has 1 N–H and O–H groups in total. The van der Waals surface area contributed by atoms with Crippen molar-refractivity contribution in [2.24, 2.45) is 0 Å². The van der Waals surface area contributed by atoms with Gasteiger partial charge in [-0.15, -0.1) is 0 Å². The maximum absolute atomic E-state index is 12.7. The monoisotopic (exact) mass is 332 g/mol. The quantitative estimate of drug-likeness (QED) is 0.860. The largest absolute Gasteiger partial charge is 0.306 e. The molecule has 0 spiro atoms. The fourth-order valence-corrected chi connectivity index (χ4v) is 3.73. The first-order chi connectivity index (χ1) is 11.1. The molecule has 1 aliphatic rings. The predicted octanol–water partition coefficient (Wildman–Crippen LogP) is 0.672. The van der Waals surface area contributed by atoms with Crippen LogP contribution in [0.25, 0.3) is 5.69 Å². The number of hydrazine groups is 1. The summed E-state index contributed by atoms with van der Waals surface area (Å²) in [5, 5.41) is 12.6. The van der Waals surface area contributed by atoms with E-state index in [4.69, 9.17) is 0 Å². The molecule has 1 aliphatic heterocycles. The molecule has 0 saturated carbocycles. The lowest BCUT2D eigenvalue weighted by molar-refractivity contribution is 0.255. The molecule has 8 nitrogen and oxygen atoms in total. The highest BCUT2D eigenvalue weighted by Crippen LogP contribution is 2.15. The summed E-state index contributed by atoms with van der Waals surface area (Å²) in [4.78, 5) is 0. The highest BCUT2D eigenvalue weighted by Gasteiger charge is 2.28. The maximum Gasteiger partial charge on any atom is 0.272 e. The molecule has 0 amide bonds. The molecular weight excluding hydrogens is 316 g/mol. The van der Waals surface area contributed by atoms with E-state index in [0.717, 1.165) is 0 Å². The minimum absolute atomic E-state index is 0.120. The Balaban J connectivity index is 1.85. The molecule has 1 aromatic carbocycles. The first kappa shape index (κ1) is 15.2. The van der Waals surface area contributed by atoms with Crippen LogP contribution in [0.4, 0.5) is 0 Å². The second kappa shape index (κ2) is 6.21. The van der Waals surface area contributed by atoms with Gasteiger partial charge < -0.3 is 5.43 Å². The zero-order valence-electron chi connectivity index (χ0n) is 12.4. The molecule has 3 rings (SSSR count). The van der Waals surface area contributed by atoms with Crippen LogP contribution in [0.2, 0.25) is 0 Å². The number of hydrogen-bond acceptors (Lipinski definition) is 7. The van der Waals surface area contributed by atoms with E-state index in [0.29, 0.717) is 5.69 Å². The smallest absolute Gasteiger partial charge is 0.272 e. The van der Waals surface area contributed by atoms with Crippen molar-refractivity contribution in [3.8, 4) is 5.69 Å². The number of aromatic nitrogens is 4. The SMILES string of the molecule is CC(CS(=O)(=O)c1nnnn1-c1ccccc1)N1C=CC=CN1. The minimum Gasteiger partial charge on any atom is -0.306 e. The van der Waals surface area contributed by atoms with Gasteiger partial charge in [-0.05, 0) is 41.6 Å². The molecular formula is C14H16N6O2S. The summed E-state index contributed by atoms with van der Waals surface area (Å²) >= 11 is 0. The second-order valence-electron chi connectivity index (χ2n) is 5.08. The van der Waals surface area contributed by atoms with Crippen molar-refractivity contribution in [1.29, 1.82) is 0 Å². The lowest BCUT2D eigenvalue weighted by Gasteiger charge is -2.28. The number of benzene rings is 1. The summed E-state index contributed by atoms with van der Waals surface area (Å²) in [6.45, 7) is 1.81. The standard InChI is InChI=1S/C14H16N6O2S/c1-12(19-10-6-5-9-15-19)11-23(21,22)14-16-17-18-20(14)13-7-3-2-4-8-13/h2-10,12,15H,11H2,1H3. The van der Waals surface area contributed by atoms with Crippen molar-refractivity contribution in [3.05, 3.63) is 54.9 Å².